The van der Waals surface area contributed by atoms with E-state index in [1.54, 1.807) is 0 Å². The molecule has 21 heavy (non-hydrogen) atoms. The maximum absolute atomic E-state index is 3.72. The Balaban J connectivity index is 2.11. The topological polar surface area (TPSA) is 15.3 Å². The molecule has 2 heteroatoms. The first kappa shape index (κ1) is 16.5. The molecule has 1 N–H and O–H groups in total. The van der Waals surface area contributed by atoms with Crippen molar-refractivity contribution in [1.29, 1.82) is 0 Å². The van der Waals surface area contributed by atoms with Crippen LogP contribution in [0.25, 0.3) is 0 Å². The highest BCUT2D eigenvalue weighted by atomic mass is 15.2. The van der Waals surface area contributed by atoms with Crippen molar-refractivity contribution in [2.24, 2.45) is 5.92 Å². The molecular formula is C19H32N2. The van der Waals surface area contributed by atoms with Gasteiger partial charge < -0.3 is 5.32 Å². The highest BCUT2D eigenvalue weighted by Gasteiger charge is 2.27. The van der Waals surface area contributed by atoms with Gasteiger partial charge in [-0.25, -0.2) is 0 Å². The Kier molecular flexibility index (Phi) is 5.83. The maximum atomic E-state index is 3.72. The van der Waals surface area contributed by atoms with Crippen molar-refractivity contribution in [2.45, 2.75) is 66.1 Å². The second kappa shape index (κ2) is 7.42. The maximum Gasteiger partial charge on any atom is 0.0238 e. The Morgan fingerprint density at radius 1 is 1.19 bits per heavy atom. The summed E-state index contributed by atoms with van der Waals surface area (Å²) in [5.41, 5.74) is 4.23. The SMILES string of the molecule is CCC1CN(Cc2cc(C)cc(C)c2)C(CC(C)C)CN1. The zero-order valence-corrected chi connectivity index (χ0v) is 14.4. The number of hydrogen-bond acceptors (Lipinski definition) is 2. The standard InChI is InChI=1S/C19H32N2/c1-6-18-13-21(19(11-20-18)7-14(2)3)12-17-9-15(4)8-16(5)10-17/h8-10,14,18-20H,6-7,11-13H2,1-5H3. The zero-order chi connectivity index (χ0) is 15.4. The van der Waals surface area contributed by atoms with Crippen LogP contribution in [0.5, 0.6) is 0 Å². The van der Waals surface area contributed by atoms with Crippen LogP contribution in [0.2, 0.25) is 0 Å². The molecule has 2 rings (SSSR count). The monoisotopic (exact) mass is 288 g/mol. The van der Waals surface area contributed by atoms with E-state index in [-0.39, 0.29) is 0 Å². The number of hydrogen-bond donors (Lipinski definition) is 1. The second-order valence-electron chi connectivity index (χ2n) is 7.22. The molecular weight excluding hydrogens is 256 g/mol. The van der Waals surface area contributed by atoms with Crippen LogP contribution < -0.4 is 5.32 Å². The predicted molar refractivity (Wildman–Crippen MR) is 91.7 cm³/mol. The van der Waals surface area contributed by atoms with Gasteiger partial charge in [0.2, 0.25) is 0 Å². The van der Waals surface area contributed by atoms with Crippen molar-refractivity contribution < 1.29 is 0 Å². The summed E-state index contributed by atoms with van der Waals surface area (Å²) in [5, 5.41) is 3.72. The summed E-state index contributed by atoms with van der Waals surface area (Å²) in [7, 11) is 0. The van der Waals surface area contributed by atoms with Crippen molar-refractivity contribution in [1.82, 2.24) is 10.2 Å². The lowest BCUT2D eigenvalue weighted by Gasteiger charge is -2.41. The van der Waals surface area contributed by atoms with E-state index in [9.17, 15) is 0 Å². The molecule has 1 saturated heterocycles. The highest BCUT2D eigenvalue weighted by molar-refractivity contribution is 5.28. The predicted octanol–water partition coefficient (Wildman–Crippen LogP) is 3.90. The molecule has 0 saturated carbocycles. The van der Waals surface area contributed by atoms with E-state index in [1.165, 1.54) is 36.1 Å². The minimum atomic E-state index is 0.652. The summed E-state index contributed by atoms with van der Waals surface area (Å²) < 4.78 is 0. The smallest absolute Gasteiger partial charge is 0.0238 e. The lowest BCUT2D eigenvalue weighted by Crippen LogP contribution is -2.56. The Morgan fingerprint density at radius 2 is 1.86 bits per heavy atom. The minimum Gasteiger partial charge on any atom is -0.311 e. The van der Waals surface area contributed by atoms with Crippen LogP contribution in [0.4, 0.5) is 0 Å². The van der Waals surface area contributed by atoms with Gasteiger partial charge in [-0.1, -0.05) is 50.1 Å². The van der Waals surface area contributed by atoms with Crippen LogP contribution in [0.15, 0.2) is 18.2 Å². The Bertz CT molecular complexity index is 433. The molecule has 1 aromatic carbocycles. The molecule has 1 fully saturated rings. The number of benzene rings is 1. The third-order valence-electron chi connectivity index (χ3n) is 4.52. The van der Waals surface area contributed by atoms with Crippen LogP contribution in [-0.2, 0) is 6.54 Å². The van der Waals surface area contributed by atoms with E-state index < -0.39 is 0 Å². The molecule has 0 amide bonds. The van der Waals surface area contributed by atoms with Crippen LogP contribution in [0, 0.1) is 19.8 Å². The average molecular weight is 288 g/mol. The lowest BCUT2D eigenvalue weighted by molar-refractivity contribution is 0.105. The van der Waals surface area contributed by atoms with Crippen molar-refractivity contribution in [3.63, 3.8) is 0 Å². The molecule has 0 aromatic heterocycles. The molecule has 1 heterocycles. The largest absolute Gasteiger partial charge is 0.311 e. The first-order valence-corrected chi connectivity index (χ1v) is 8.52. The van der Waals surface area contributed by atoms with Gasteiger partial charge in [-0.3, -0.25) is 4.90 Å². The number of piperazine rings is 1. The molecule has 1 aliphatic rings. The number of aryl methyl sites for hydroxylation is 2. The van der Waals surface area contributed by atoms with Gasteiger partial charge in [-0.05, 0) is 38.2 Å². The van der Waals surface area contributed by atoms with Gasteiger partial charge in [-0.15, -0.1) is 0 Å². The number of rotatable bonds is 5. The van der Waals surface area contributed by atoms with E-state index in [0.717, 1.165) is 19.0 Å². The summed E-state index contributed by atoms with van der Waals surface area (Å²) in [5.74, 6) is 0.761. The quantitative estimate of drug-likeness (QED) is 0.884. The lowest BCUT2D eigenvalue weighted by atomic mass is 9.97. The molecule has 0 bridgehead atoms. The highest BCUT2D eigenvalue weighted by Crippen LogP contribution is 2.20. The summed E-state index contributed by atoms with van der Waals surface area (Å²) in [6.07, 6.45) is 2.51. The van der Waals surface area contributed by atoms with Gasteiger partial charge in [0.1, 0.15) is 0 Å². The number of nitrogens with zero attached hydrogens (tertiary/aromatic N) is 1. The number of nitrogens with one attached hydrogen (secondary N) is 1. The van der Waals surface area contributed by atoms with Crippen molar-refractivity contribution >= 4 is 0 Å². The molecule has 1 aromatic rings. The molecule has 0 radical (unpaired) electrons. The van der Waals surface area contributed by atoms with Crippen LogP contribution in [-0.4, -0.2) is 30.1 Å². The third-order valence-corrected chi connectivity index (χ3v) is 4.52. The first-order valence-electron chi connectivity index (χ1n) is 8.52. The Labute approximate surface area is 130 Å². The average Bonchev–Trinajstić information content (AvgIpc) is 2.39. The molecule has 2 unspecified atom stereocenters. The summed E-state index contributed by atoms with van der Waals surface area (Å²) >= 11 is 0. The van der Waals surface area contributed by atoms with Gasteiger partial charge in [-0.2, -0.15) is 0 Å². The summed E-state index contributed by atoms with van der Waals surface area (Å²) in [6.45, 7) is 14.8. The van der Waals surface area contributed by atoms with Crippen LogP contribution in [0.1, 0.15) is 50.3 Å². The van der Waals surface area contributed by atoms with E-state index in [1.807, 2.05) is 0 Å². The fourth-order valence-corrected chi connectivity index (χ4v) is 3.57. The normalized spacial score (nSPS) is 23.7. The van der Waals surface area contributed by atoms with E-state index >= 15 is 0 Å². The molecule has 1 aliphatic heterocycles. The molecule has 2 atom stereocenters. The van der Waals surface area contributed by atoms with Gasteiger partial charge >= 0.3 is 0 Å². The van der Waals surface area contributed by atoms with Gasteiger partial charge in [0.05, 0.1) is 0 Å². The Morgan fingerprint density at radius 3 is 2.43 bits per heavy atom. The molecule has 0 spiro atoms. The van der Waals surface area contributed by atoms with E-state index in [0.29, 0.717) is 12.1 Å². The van der Waals surface area contributed by atoms with Gasteiger partial charge in [0.25, 0.3) is 0 Å². The molecule has 2 nitrogen and oxygen atoms in total. The van der Waals surface area contributed by atoms with Crippen molar-refractivity contribution in [2.75, 3.05) is 13.1 Å². The fourth-order valence-electron chi connectivity index (χ4n) is 3.57. The van der Waals surface area contributed by atoms with Gasteiger partial charge in [0, 0.05) is 31.7 Å². The van der Waals surface area contributed by atoms with Gasteiger partial charge in [0.15, 0.2) is 0 Å². The second-order valence-corrected chi connectivity index (χ2v) is 7.22. The van der Waals surface area contributed by atoms with Crippen LogP contribution in [0.3, 0.4) is 0 Å². The van der Waals surface area contributed by atoms with Crippen LogP contribution >= 0.6 is 0 Å². The molecule has 0 aliphatic carbocycles. The summed E-state index contributed by atoms with van der Waals surface area (Å²) in [6, 6.07) is 8.29. The fraction of sp³-hybridized carbons (Fsp3) is 0.684. The van der Waals surface area contributed by atoms with Crippen molar-refractivity contribution in [3.05, 3.63) is 34.9 Å². The third kappa shape index (κ3) is 4.82. The van der Waals surface area contributed by atoms with E-state index in [4.69, 9.17) is 0 Å². The Hall–Kier alpha value is -0.860. The van der Waals surface area contributed by atoms with E-state index in [2.05, 4.69) is 63.0 Å². The first-order chi connectivity index (χ1) is 9.97. The summed E-state index contributed by atoms with van der Waals surface area (Å²) in [4.78, 5) is 2.71. The molecule has 118 valence electrons. The zero-order valence-electron chi connectivity index (χ0n) is 14.4. The van der Waals surface area contributed by atoms with Crippen molar-refractivity contribution in [3.8, 4) is 0 Å². The minimum absolute atomic E-state index is 0.652.